The first-order valence-corrected chi connectivity index (χ1v) is 8.13. The number of nitrogens with two attached hydrogens (primary N) is 1. The molecule has 6 nitrogen and oxygen atoms in total. The first-order valence-electron chi connectivity index (χ1n) is 7.32. The van der Waals surface area contributed by atoms with Gasteiger partial charge in [-0.25, -0.2) is 9.97 Å². The summed E-state index contributed by atoms with van der Waals surface area (Å²) in [6.07, 6.45) is 0. The van der Waals surface area contributed by atoms with Gasteiger partial charge < -0.3 is 20.8 Å². The minimum Gasteiger partial charge on any atom is -0.395 e. The van der Waals surface area contributed by atoms with Crippen molar-refractivity contribution in [2.24, 2.45) is 0 Å². The van der Waals surface area contributed by atoms with Crippen molar-refractivity contribution in [1.29, 1.82) is 0 Å². The van der Waals surface area contributed by atoms with Crippen LogP contribution in [0, 0.1) is 0 Å². The van der Waals surface area contributed by atoms with Gasteiger partial charge in [-0.05, 0) is 24.3 Å². The zero-order chi connectivity index (χ0) is 16.2. The van der Waals surface area contributed by atoms with Gasteiger partial charge in [0.1, 0.15) is 5.82 Å². The fourth-order valence-electron chi connectivity index (χ4n) is 2.45. The Kier molecular flexibility index (Phi) is 4.71. The molecule has 7 heteroatoms. The number of rotatable bonds is 6. The van der Waals surface area contributed by atoms with Crippen molar-refractivity contribution in [1.82, 2.24) is 9.97 Å². The van der Waals surface area contributed by atoms with Gasteiger partial charge in [-0.2, -0.15) is 0 Å². The van der Waals surface area contributed by atoms with Crippen LogP contribution in [0.25, 0.3) is 21.6 Å². The topological polar surface area (TPSA) is 95.5 Å². The van der Waals surface area contributed by atoms with Crippen molar-refractivity contribution in [3.63, 3.8) is 0 Å². The Morgan fingerprint density at radius 2 is 1.74 bits per heavy atom. The maximum absolute atomic E-state index is 9.31. The number of nitrogen functional groups attached to an aromatic ring is 1. The Morgan fingerprint density at radius 1 is 1.00 bits per heavy atom. The van der Waals surface area contributed by atoms with Gasteiger partial charge in [0.05, 0.1) is 28.6 Å². The van der Waals surface area contributed by atoms with Gasteiger partial charge in [-0.15, -0.1) is 11.3 Å². The minimum atomic E-state index is -0.0143. The standard InChI is InChI=1S/C16H18N4O2S/c17-14-6-5-13(23-14)15-18-12-4-2-1-3-11(12)16(19-15)20(7-9-21)8-10-22/h1-6,21-22H,7-10,17H2. The molecule has 0 amide bonds. The highest BCUT2D eigenvalue weighted by molar-refractivity contribution is 7.19. The third kappa shape index (κ3) is 3.26. The maximum atomic E-state index is 9.31. The Labute approximate surface area is 137 Å². The monoisotopic (exact) mass is 330 g/mol. The van der Waals surface area contributed by atoms with Crippen LogP contribution in [0.1, 0.15) is 0 Å². The lowest BCUT2D eigenvalue weighted by Crippen LogP contribution is -2.30. The summed E-state index contributed by atoms with van der Waals surface area (Å²) in [5.41, 5.74) is 6.63. The third-order valence-electron chi connectivity index (χ3n) is 3.47. The van der Waals surface area contributed by atoms with Gasteiger partial charge in [0.2, 0.25) is 0 Å². The molecule has 23 heavy (non-hydrogen) atoms. The first-order chi connectivity index (χ1) is 11.2. The van der Waals surface area contributed by atoms with Crippen LogP contribution in [0.3, 0.4) is 0 Å². The number of thiophene rings is 1. The Bertz CT molecular complexity index is 800. The quantitative estimate of drug-likeness (QED) is 0.637. The van der Waals surface area contributed by atoms with E-state index in [-0.39, 0.29) is 13.2 Å². The van der Waals surface area contributed by atoms with Crippen molar-refractivity contribution in [2.75, 3.05) is 36.9 Å². The van der Waals surface area contributed by atoms with Crippen molar-refractivity contribution in [3.8, 4) is 10.7 Å². The number of anilines is 2. The highest BCUT2D eigenvalue weighted by Gasteiger charge is 2.15. The fraction of sp³-hybridized carbons (Fsp3) is 0.250. The zero-order valence-electron chi connectivity index (χ0n) is 12.5. The van der Waals surface area contributed by atoms with Crippen LogP contribution >= 0.6 is 11.3 Å². The number of nitrogens with zero attached hydrogens (tertiary/aromatic N) is 3. The second-order valence-corrected chi connectivity index (χ2v) is 6.14. The molecule has 4 N–H and O–H groups in total. The summed E-state index contributed by atoms with van der Waals surface area (Å²) in [6, 6.07) is 11.5. The number of aromatic nitrogens is 2. The predicted molar refractivity (Wildman–Crippen MR) is 93.6 cm³/mol. The van der Waals surface area contributed by atoms with E-state index in [0.29, 0.717) is 29.7 Å². The number of aliphatic hydroxyl groups is 2. The number of benzene rings is 1. The van der Waals surface area contributed by atoms with Crippen LogP contribution in [0.2, 0.25) is 0 Å². The van der Waals surface area contributed by atoms with Gasteiger partial charge in [-0.3, -0.25) is 0 Å². The molecule has 0 spiro atoms. The summed E-state index contributed by atoms with van der Waals surface area (Å²) in [7, 11) is 0. The lowest BCUT2D eigenvalue weighted by molar-refractivity contribution is 0.281. The number of para-hydroxylation sites is 1. The molecule has 0 saturated heterocycles. The molecule has 1 aromatic carbocycles. The maximum Gasteiger partial charge on any atom is 0.172 e. The van der Waals surface area contributed by atoms with Gasteiger partial charge >= 0.3 is 0 Å². The third-order valence-corrected chi connectivity index (χ3v) is 4.38. The molecule has 0 unspecified atom stereocenters. The molecule has 3 rings (SSSR count). The van der Waals surface area contributed by atoms with Crippen LogP contribution in [0.5, 0.6) is 0 Å². The Hall–Kier alpha value is -2.22. The summed E-state index contributed by atoms with van der Waals surface area (Å²) >= 11 is 1.43. The molecule has 0 fully saturated rings. The second kappa shape index (κ2) is 6.91. The van der Waals surface area contributed by atoms with Gasteiger partial charge in [-0.1, -0.05) is 12.1 Å². The molecule has 2 aromatic heterocycles. The van der Waals surface area contributed by atoms with E-state index < -0.39 is 0 Å². The largest absolute Gasteiger partial charge is 0.395 e. The minimum absolute atomic E-state index is 0.0143. The van der Waals surface area contributed by atoms with E-state index in [2.05, 4.69) is 9.97 Å². The molecule has 120 valence electrons. The summed E-state index contributed by atoms with van der Waals surface area (Å²) in [6.45, 7) is 0.764. The lowest BCUT2D eigenvalue weighted by atomic mass is 10.2. The fourth-order valence-corrected chi connectivity index (χ4v) is 3.16. The van der Waals surface area contributed by atoms with E-state index in [1.807, 2.05) is 41.3 Å². The average Bonchev–Trinajstić information content (AvgIpc) is 3.00. The number of aliphatic hydroxyl groups excluding tert-OH is 2. The van der Waals surface area contributed by atoms with E-state index >= 15 is 0 Å². The number of hydrogen-bond acceptors (Lipinski definition) is 7. The second-order valence-electron chi connectivity index (χ2n) is 5.02. The Balaban J connectivity index is 2.17. The summed E-state index contributed by atoms with van der Waals surface area (Å²) < 4.78 is 0. The molecule has 0 aliphatic carbocycles. The average molecular weight is 330 g/mol. The number of fused-ring (bicyclic) bond motifs is 1. The lowest BCUT2D eigenvalue weighted by Gasteiger charge is -2.23. The molecule has 0 aliphatic rings. The van der Waals surface area contributed by atoms with Crippen LogP contribution in [-0.4, -0.2) is 46.5 Å². The smallest absolute Gasteiger partial charge is 0.172 e. The summed E-state index contributed by atoms with van der Waals surface area (Å²) in [5.74, 6) is 1.31. The SMILES string of the molecule is Nc1ccc(-c2nc(N(CCO)CCO)c3ccccc3n2)s1. The predicted octanol–water partition coefficient (Wildman–Crippen LogP) is 1.73. The molecule has 2 heterocycles. The first kappa shape index (κ1) is 15.7. The molecular formula is C16H18N4O2S. The van der Waals surface area contributed by atoms with E-state index in [4.69, 9.17) is 5.73 Å². The van der Waals surface area contributed by atoms with E-state index in [1.165, 1.54) is 11.3 Å². The summed E-state index contributed by atoms with van der Waals surface area (Å²) in [5, 5.41) is 20.2. The zero-order valence-corrected chi connectivity index (χ0v) is 13.3. The normalized spacial score (nSPS) is 11.0. The molecule has 3 aromatic rings. The van der Waals surface area contributed by atoms with Gasteiger partial charge in [0.15, 0.2) is 5.82 Å². The van der Waals surface area contributed by atoms with Gasteiger partial charge in [0.25, 0.3) is 0 Å². The van der Waals surface area contributed by atoms with Crippen molar-refractivity contribution >= 4 is 33.1 Å². The van der Waals surface area contributed by atoms with Gasteiger partial charge in [0, 0.05) is 18.5 Å². The molecule has 0 aliphatic heterocycles. The molecule has 0 radical (unpaired) electrons. The van der Waals surface area contributed by atoms with Crippen molar-refractivity contribution < 1.29 is 10.2 Å². The Morgan fingerprint density at radius 3 is 2.39 bits per heavy atom. The number of hydrogen-bond donors (Lipinski definition) is 3. The van der Waals surface area contributed by atoms with Crippen LogP contribution < -0.4 is 10.6 Å². The molecule has 0 atom stereocenters. The highest BCUT2D eigenvalue weighted by atomic mass is 32.1. The van der Waals surface area contributed by atoms with E-state index in [9.17, 15) is 10.2 Å². The highest BCUT2D eigenvalue weighted by Crippen LogP contribution is 2.31. The van der Waals surface area contributed by atoms with Crippen molar-refractivity contribution in [2.45, 2.75) is 0 Å². The van der Waals surface area contributed by atoms with E-state index in [0.717, 1.165) is 15.8 Å². The van der Waals surface area contributed by atoms with Crippen molar-refractivity contribution in [3.05, 3.63) is 36.4 Å². The summed E-state index contributed by atoms with van der Waals surface area (Å²) in [4.78, 5) is 12.0. The van der Waals surface area contributed by atoms with Crippen LogP contribution in [0.15, 0.2) is 36.4 Å². The molecular weight excluding hydrogens is 312 g/mol. The van der Waals surface area contributed by atoms with Crippen LogP contribution in [-0.2, 0) is 0 Å². The van der Waals surface area contributed by atoms with E-state index in [1.54, 1.807) is 0 Å². The molecule has 0 saturated carbocycles. The van der Waals surface area contributed by atoms with Crippen LogP contribution in [0.4, 0.5) is 10.8 Å². The molecule has 0 bridgehead atoms.